The Kier molecular flexibility index (Phi) is 8.43. The number of aromatic nitrogens is 1. The molecule has 2 aliphatic rings. The second-order valence-corrected chi connectivity index (χ2v) is 13.4. The first-order chi connectivity index (χ1) is 20.1. The molecule has 3 heterocycles. The van der Waals surface area contributed by atoms with Crippen molar-refractivity contribution in [3.05, 3.63) is 65.9 Å². The molecular weight excluding hydrogens is 556 g/mol. The Labute approximate surface area is 246 Å². The summed E-state index contributed by atoms with van der Waals surface area (Å²) in [7, 11) is -4.24. The van der Waals surface area contributed by atoms with E-state index in [1.165, 1.54) is 4.90 Å². The molecular formula is C31H38N4O6S. The van der Waals surface area contributed by atoms with Gasteiger partial charge in [0.15, 0.2) is 9.84 Å². The van der Waals surface area contributed by atoms with Gasteiger partial charge in [-0.05, 0) is 56.1 Å². The Balaban J connectivity index is 1.63. The van der Waals surface area contributed by atoms with Crippen molar-refractivity contribution in [2.45, 2.75) is 56.9 Å². The summed E-state index contributed by atoms with van der Waals surface area (Å²) in [5.41, 5.74) is 2.05. The van der Waals surface area contributed by atoms with Crippen molar-refractivity contribution < 1.29 is 27.5 Å². The molecule has 1 aromatic heterocycles. The van der Waals surface area contributed by atoms with Crippen molar-refractivity contribution in [2.75, 3.05) is 30.3 Å². The number of benzene rings is 2. The van der Waals surface area contributed by atoms with Crippen LogP contribution in [0.3, 0.4) is 0 Å². The summed E-state index contributed by atoms with van der Waals surface area (Å²) in [6.45, 7) is 6.27. The average Bonchev–Trinajstić information content (AvgIpc) is 3.50. The van der Waals surface area contributed by atoms with Gasteiger partial charge < -0.3 is 20.4 Å². The number of aromatic amines is 1. The third-order valence-electron chi connectivity index (χ3n) is 8.34. The summed E-state index contributed by atoms with van der Waals surface area (Å²) in [4.78, 5) is 44.9. The Morgan fingerprint density at radius 1 is 1.07 bits per heavy atom. The standard InChI is InChI=1S/C31H38N4O6S/c1-4-41-27(36)19-42(39,40)30-31(13-15-32-16-14-31)23-10-6-8-12-26(23)35(30)29(38)25(34-28(37)20(2)3)17-21-18-33-24-11-7-5-9-22(21)24/h5-12,18,20,25,30,32-33H,4,13-17,19H2,1-3H3,(H,34,37)/t25-,30?/m1/s1. The lowest BCUT2D eigenvalue weighted by Crippen LogP contribution is -2.60. The minimum absolute atomic E-state index is 0.0465. The lowest BCUT2D eigenvalue weighted by Gasteiger charge is -2.41. The number of H-pyrrole nitrogens is 1. The molecule has 0 radical (unpaired) electrons. The highest BCUT2D eigenvalue weighted by Crippen LogP contribution is 2.52. The second-order valence-electron chi connectivity index (χ2n) is 11.4. The van der Waals surface area contributed by atoms with Gasteiger partial charge in [0, 0.05) is 40.5 Å². The molecule has 1 unspecified atom stereocenters. The van der Waals surface area contributed by atoms with Crippen molar-refractivity contribution in [1.29, 1.82) is 0 Å². The molecule has 0 bridgehead atoms. The van der Waals surface area contributed by atoms with Gasteiger partial charge in [-0.3, -0.25) is 19.3 Å². The summed E-state index contributed by atoms with van der Waals surface area (Å²) in [6.07, 6.45) is 2.89. The number of hydrogen-bond acceptors (Lipinski definition) is 7. The average molecular weight is 595 g/mol. The largest absolute Gasteiger partial charge is 0.465 e. The van der Waals surface area contributed by atoms with Crippen molar-refractivity contribution >= 4 is 44.2 Å². The van der Waals surface area contributed by atoms with Crippen LogP contribution in [0.2, 0.25) is 0 Å². The van der Waals surface area contributed by atoms with Crippen molar-refractivity contribution in [3.8, 4) is 0 Å². The van der Waals surface area contributed by atoms with Crippen LogP contribution >= 0.6 is 0 Å². The lowest BCUT2D eigenvalue weighted by atomic mass is 9.74. The molecule has 2 aliphatic heterocycles. The molecule has 10 nitrogen and oxygen atoms in total. The predicted molar refractivity (Wildman–Crippen MR) is 161 cm³/mol. The SMILES string of the molecule is CCOC(=O)CS(=O)(=O)C1N(C(=O)[C@@H](Cc2c[nH]c3ccccc23)NC(=O)C(C)C)c2ccccc2C12CCNCC2. The molecule has 5 rings (SSSR count). The van der Waals surface area contributed by atoms with Crippen LogP contribution in [-0.4, -0.2) is 68.1 Å². The van der Waals surface area contributed by atoms with E-state index in [4.69, 9.17) is 4.74 Å². The number of rotatable bonds is 9. The van der Waals surface area contributed by atoms with Crippen LogP contribution in [0, 0.1) is 5.92 Å². The number of piperidine rings is 1. The Morgan fingerprint density at radius 2 is 1.76 bits per heavy atom. The van der Waals surface area contributed by atoms with Gasteiger partial charge in [-0.25, -0.2) is 8.42 Å². The number of ether oxygens (including phenoxy) is 1. The van der Waals surface area contributed by atoms with E-state index in [0.717, 1.165) is 22.0 Å². The van der Waals surface area contributed by atoms with E-state index in [1.807, 2.05) is 42.6 Å². The third-order valence-corrected chi connectivity index (χ3v) is 10.3. The van der Waals surface area contributed by atoms with Crippen molar-refractivity contribution in [2.24, 2.45) is 5.92 Å². The van der Waals surface area contributed by atoms with Gasteiger partial charge in [0.2, 0.25) is 5.91 Å². The number of esters is 1. The van der Waals surface area contributed by atoms with Crippen LogP contribution in [-0.2, 0) is 40.8 Å². The minimum Gasteiger partial charge on any atom is -0.465 e. The van der Waals surface area contributed by atoms with E-state index in [9.17, 15) is 22.8 Å². The number of amides is 2. The molecule has 3 aromatic rings. The Bertz CT molecular complexity index is 1590. The summed E-state index contributed by atoms with van der Waals surface area (Å²) < 4.78 is 33.5. The van der Waals surface area contributed by atoms with E-state index in [-0.39, 0.29) is 18.9 Å². The van der Waals surface area contributed by atoms with Crippen LogP contribution in [0.1, 0.15) is 44.7 Å². The van der Waals surface area contributed by atoms with Crippen molar-refractivity contribution in [1.82, 2.24) is 15.6 Å². The number of para-hydroxylation sites is 2. The molecule has 2 aromatic carbocycles. The van der Waals surface area contributed by atoms with Gasteiger partial charge in [-0.15, -0.1) is 0 Å². The topological polar surface area (TPSA) is 138 Å². The van der Waals surface area contributed by atoms with E-state index in [2.05, 4.69) is 15.6 Å². The number of fused-ring (bicyclic) bond motifs is 3. The number of sulfone groups is 1. The van der Waals surface area contributed by atoms with Crippen LogP contribution < -0.4 is 15.5 Å². The number of nitrogens with one attached hydrogen (secondary N) is 3. The number of nitrogens with zero attached hydrogens (tertiary/aromatic N) is 1. The fourth-order valence-corrected chi connectivity index (χ4v) is 8.57. The van der Waals surface area contributed by atoms with E-state index in [0.29, 0.717) is 31.6 Å². The van der Waals surface area contributed by atoms with Crippen LogP contribution in [0.25, 0.3) is 10.9 Å². The fraction of sp³-hybridized carbons (Fsp3) is 0.452. The van der Waals surface area contributed by atoms with Crippen molar-refractivity contribution in [3.63, 3.8) is 0 Å². The third kappa shape index (κ3) is 5.43. The van der Waals surface area contributed by atoms with Gasteiger partial charge in [0.25, 0.3) is 5.91 Å². The molecule has 1 spiro atoms. The zero-order chi connectivity index (χ0) is 30.1. The molecule has 3 N–H and O–H groups in total. The molecule has 0 aliphatic carbocycles. The number of anilines is 1. The van der Waals surface area contributed by atoms with E-state index < -0.39 is 50.2 Å². The highest BCUT2D eigenvalue weighted by molar-refractivity contribution is 7.92. The van der Waals surface area contributed by atoms with E-state index >= 15 is 0 Å². The first kappa shape index (κ1) is 29.8. The van der Waals surface area contributed by atoms with Gasteiger partial charge in [-0.1, -0.05) is 50.2 Å². The normalized spacial score (nSPS) is 18.7. The fourth-order valence-electron chi connectivity index (χ4n) is 6.41. The second kappa shape index (κ2) is 11.9. The lowest BCUT2D eigenvalue weighted by molar-refractivity contribution is -0.140. The van der Waals surface area contributed by atoms with Gasteiger partial charge in [-0.2, -0.15) is 0 Å². The first-order valence-electron chi connectivity index (χ1n) is 14.4. The summed E-state index contributed by atoms with van der Waals surface area (Å²) in [6, 6.07) is 13.9. The first-order valence-corrected chi connectivity index (χ1v) is 16.2. The molecule has 1 saturated heterocycles. The van der Waals surface area contributed by atoms with Crippen LogP contribution in [0.15, 0.2) is 54.7 Å². The minimum atomic E-state index is -4.24. The monoisotopic (exact) mass is 594 g/mol. The highest BCUT2D eigenvalue weighted by Gasteiger charge is 2.59. The van der Waals surface area contributed by atoms with Crippen LogP contribution in [0.4, 0.5) is 5.69 Å². The summed E-state index contributed by atoms with van der Waals surface area (Å²) in [5, 5.41) is 5.79. The number of carbonyl (C=O) groups excluding carboxylic acids is 3. The van der Waals surface area contributed by atoms with Gasteiger partial charge >= 0.3 is 5.97 Å². The maximum Gasteiger partial charge on any atom is 0.321 e. The molecule has 2 amide bonds. The number of carbonyl (C=O) groups is 3. The Morgan fingerprint density at radius 3 is 2.48 bits per heavy atom. The molecule has 224 valence electrons. The molecule has 11 heteroatoms. The van der Waals surface area contributed by atoms with Gasteiger partial charge in [0.1, 0.15) is 17.2 Å². The molecule has 0 saturated carbocycles. The maximum absolute atomic E-state index is 14.7. The highest BCUT2D eigenvalue weighted by atomic mass is 32.2. The molecule has 42 heavy (non-hydrogen) atoms. The maximum atomic E-state index is 14.7. The zero-order valence-corrected chi connectivity index (χ0v) is 25.0. The smallest absolute Gasteiger partial charge is 0.321 e. The van der Waals surface area contributed by atoms with E-state index in [1.54, 1.807) is 32.9 Å². The molecule has 1 fully saturated rings. The predicted octanol–water partition coefficient (Wildman–Crippen LogP) is 2.82. The Hall–Kier alpha value is -3.70. The van der Waals surface area contributed by atoms with Gasteiger partial charge in [0.05, 0.1) is 6.61 Å². The summed E-state index contributed by atoms with van der Waals surface area (Å²) >= 11 is 0. The summed E-state index contributed by atoms with van der Waals surface area (Å²) in [5.74, 6) is -2.94. The van der Waals surface area contributed by atoms with Crippen LogP contribution in [0.5, 0.6) is 0 Å². The quantitative estimate of drug-likeness (QED) is 0.324. The number of hydrogen-bond donors (Lipinski definition) is 3. The molecule has 2 atom stereocenters. The zero-order valence-electron chi connectivity index (χ0n) is 24.2.